The first-order valence-electron chi connectivity index (χ1n) is 10.5. The van der Waals surface area contributed by atoms with Gasteiger partial charge < -0.3 is 19.5 Å². The fraction of sp³-hybridized carbons (Fsp3) is 0.250. The maximum atomic E-state index is 12.8. The molecule has 1 heterocycles. The Balaban J connectivity index is 1.66. The summed E-state index contributed by atoms with van der Waals surface area (Å²) in [7, 11) is 1.44. The number of hydrogen-bond donors (Lipinski definition) is 1. The number of amides is 3. The normalized spacial score (nSPS) is 14.4. The van der Waals surface area contributed by atoms with Crippen molar-refractivity contribution in [1.82, 2.24) is 4.90 Å². The Labute approximate surface area is 211 Å². The molecule has 0 atom stereocenters. The van der Waals surface area contributed by atoms with Gasteiger partial charge in [0.2, 0.25) is 5.91 Å². The summed E-state index contributed by atoms with van der Waals surface area (Å²) in [4.78, 5) is 50.2. The molecule has 35 heavy (non-hydrogen) atoms. The third-order valence-electron chi connectivity index (χ3n) is 4.50. The van der Waals surface area contributed by atoms with Crippen molar-refractivity contribution >= 4 is 58.1 Å². The van der Waals surface area contributed by atoms with E-state index in [4.69, 9.17) is 25.8 Å². The molecule has 0 aromatic heterocycles. The smallest absolute Gasteiger partial charge is 0.344 e. The number of rotatable bonds is 9. The summed E-state index contributed by atoms with van der Waals surface area (Å²) in [5.74, 6) is -0.966. The summed E-state index contributed by atoms with van der Waals surface area (Å²) in [6.07, 6.45) is 1.26. The first kappa shape index (κ1) is 26.1. The van der Waals surface area contributed by atoms with Crippen molar-refractivity contribution in [2.45, 2.75) is 20.0 Å². The summed E-state index contributed by atoms with van der Waals surface area (Å²) in [5.41, 5.74) is 1.06. The number of imide groups is 1. The predicted molar refractivity (Wildman–Crippen MR) is 132 cm³/mol. The van der Waals surface area contributed by atoms with Gasteiger partial charge in [0.05, 0.1) is 18.1 Å². The molecule has 0 saturated carbocycles. The van der Waals surface area contributed by atoms with E-state index in [1.54, 1.807) is 56.3 Å². The molecule has 1 fully saturated rings. The van der Waals surface area contributed by atoms with Crippen molar-refractivity contribution < 1.29 is 33.4 Å². The van der Waals surface area contributed by atoms with E-state index in [1.165, 1.54) is 13.2 Å². The van der Waals surface area contributed by atoms with Crippen LogP contribution in [-0.4, -0.2) is 54.3 Å². The highest BCUT2D eigenvalue weighted by molar-refractivity contribution is 8.18. The molecule has 0 unspecified atom stereocenters. The second-order valence-electron chi connectivity index (χ2n) is 7.56. The Bertz CT molecular complexity index is 1160. The molecule has 2 aromatic rings. The number of nitrogens with one attached hydrogen (secondary N) is 1. The molecule has 9 nitrogen and oxygen atoms in total. The number of nitrogens with zero attached hydrogens (tertiary/aromatic N) is 1. The molecular weight excluding hydrogens is 496 g/mol. The zero-order valence-corrected chi connectivity index (χ0v) is 20.8. The lowest BCUT2D eigenvalue weighted by Crippen LogP contribution is -2.36. The Morgan fingerprint density at radius 3 is 2.49 bits per heavy atom. The highest BCUT2D eigenvalue weighted by Gasteiger charge is 2.36. The molecule has 0 bridgehead atoms. The van der Waals surface area contributed by atoms with Gasteiger partial charge in [0.15, 0.2) is 18.1 Å². The van der Waals surface area contributed by atoms with Gasteiger partial charge in [-0.3, -0.25) is 19.3 Å². The monoisotopic (exact) mass is 518 g/mol. The number of carbonyl (C=O) groups excluding carboxylic acids is 4. The molecule has 3 rings (SSSR count). The van der Waals surface area contributed by atoms with E-state index in [9.17, 15) is 19.2 Å². The summed E-state index contributed by atoms with van der Waals surface area (Å²) in [6, 6.07) is 11.3. The number of thioether (sulfide) groups is 1. The average Bonchev–Trinajstić information content (AvgIpc) is 3.06. The number of carbonyl (C=O) groups is 4. The molecular formula is C24H23ClN2O7S. The summed E-state index contributed by atoms with van der Waals surface area (Å²) < 4.78 is 15.8. The van der Waals surface area contributed by atoms with Crippen LogP contribution in [0.4, 0.5) is 10.5 Å². The molecule has 0 spiro atoms. The van der Waals surface area contributed by atoms with Crippen LogP contribution in [0.1, 0.15) is 19.4 Å². The quantitative estimate of drug-likeness (QED) is 0.385. The van der Waals surface area contributed by atoms with Crippen LogP contribution < -0.4 is 14.8 Å². The number of esters is 1. The number of halogens is 1. The van der Waals surface area contributed by atoms with Crippen LogP contribution in [0.5, 0.6) is 11.5 Å². The molecule has 1 aliphatic heterocycles. The second kappa shape index (κ2) is 11.8. The summed E-state index contributed by atoms with van der Waals surface area (Å²) in [6.45, 7) is 2.76. The number of hydrogen-bond acceptors (Lipinski definition) is 8. The molecule has 1 saturated heterocycles. The average molecular weight is 519 g/mol. The van der Waals surface area contributed by atoms with Gasteiger partial charge in [0.25, 0.3) is 11.1 Å². The Morgan fingerprint density at radius 2 is 1.83 bits per heavy atom. The maximum absolute atomic E-state index is 12.8. The van der Waals surface area contributed by atoms with Crippen LogP contribution in [0, 0.1) is 0 Å². The van der Waals surface area contributed by atoms with Crippen molar-refractivity contribution in [3.8, 4) is 11.5 Å². The number of ether oxygens (including phenoxy) is 3. The highest BCUT2D eigenvalue weighted by Crippen LogP contribution is 2.34. The largest absolute Gasteiger partial charge is 0.493 e. The Kier molecular flexibility index (Phi) is 8.78. The fourth-order valence-corrected chi connectivity index (χ4v) is 3.96. The highest BCUT2D eigenvalue weighted by atomic mass is 35.5. The van der Waals surface area contributed by atoms with Crippen molar-refractivity contribution in [3.05, 3.63) is 58.0 Å². The molecule has 0 radical (unpaired) electrons. The molecule has 1 aliphatic rings. The van der Waals surface area contributed by atoms with Crippen molar-refractivity contribution in [3.63, 3.8) is 0 Å². The van der Waals surface area contributed by atoms with Crippen LogP contribution in [0.3, 0.4) is 0 Å². The lowest BCUT2D eigenvalue weighted by atomic mass is 10.2. The fourth-order valence-electron chi connectivity index (χ4n) is 2.99. The van der Waals surface area contributed by atoms with Gasteiger partial charge in [-0.25, -0.2) is 4.79 Å². The molecule has 1 N–H and O–H groups in total. The molecule has 2 aromatic carbocycles. The van der Waals surface area contributed by atoms with Gasteiger partial charge in [-0.2, -0.15) is 0 Å². The third kappa shape index (κ3) is 7.24. The second-order valence-corrected chi connectivity index (χ2v) is 8.99. The van der Waals surface area contributed by atoms with Crippen molar-refractivity contribution in [2.75, 3.05) is 25.6 Å². The van der Waals surface area contributed by atoms with Crippen LogP contribution in [0.15, 0.2) is 47.4 Å². The number of methoxy groups -OCH3 is 1. The zero-order chi connectivity index (χ0) is 25.5. The maximum Gasteiger partial charge on any atom is 0.344 e. The van der Waals surface area contributed by atoms with Crippen LogP contribution in [0.2, 0.25) is 5.02 Å². The van der Waals surface area contributed by atoms with E-state index in [0.29, 0.717) is 27.8 Å². The van der Waals surface area contributed by atoms with Crippen LogP contribution in [-0.2, 0) is 19.1 Å². The molecule has 3 amide bonds. The first-order chi connectivity index (χ1) is 16.7. The third-order valence-corrected chi connectivity index (χ3v) is 5.66. The van der Waals surface area contributed by atoms with Crippen molar-refractivity contribution in [1.29, 1.82) is 0 Å². The standard InChI is InChI=1S/C24H23ClN2O7S/c1-14(2)34-22(29)13-33-18-9-4-15(10-19(18)32-3)11-20-23(30)27(24(31)35-20)12-21(28)26-17-7-5-16(25)6-8-17/h4-11,14H,12-13H2,1-3H3,(H,26,28)/b20-11-. The number of benzene rings is 2. The predicted octanol–water partition coefficient (Wildman–Crippen LogP) is 4.35. The van der Waals surface area contributed by atoms with E-state index in [-0.39, 0.29) is 17.6 Å². The van der Waals surface area contributed by atoms with E-state index >= 15 is 0 Å². The first-order valence-corrected chi connectivity index (χ1v) is 11.7. The van der Waals surface area contributed by atoms with Crippen LogP contribution >= 0.6 is 23.4 Å². The zero-order valence-electron chi connectivity index (χ0n) is 19.2. The van der Waals surface area contributed by atoms with Gasteiger partial charge in [-0.1, -0.05) is 17.7 Å². The minimum absolute atomic E-state index is 0.158. The van der Waals surface area contributed by atoms with Gasteiger partial charge in [0, 0.05) is 10.7 Å². The van der Waals surface area contributed by atoms with Gasteiger partial charge in [-0.05, 0) is 73.6 Å². The Morgan fingerprint density at radius 1 is 1.11 bits per heavy atom. The van der Waals surface area contributed by atoms with E-state index < -0.39 is 29.6 Å². The lowest BCUT2D eigenvalue weighted by molar-refractivity contribution is -0.149. The van der Waals surface area contributed by atoms with Crippen molar-refractivity contribution in [2.24, 2.45) is 0 Å². The molecule has 184 valence electrons. The van der Waals surface area contributed by atoms with Gasteiger partial charge in [-0.15, -0.1) is 0 Å². The van der Waals surface area contributed by atoms with Gasteiger partial charge >= 0.3 is 5.97 Å². The minimum Gasteiger partial charge on any atom is -0.493 e. The Hall–Kier alpha value is -3.50. The molecule has 11 heteroatoms. The summed E-state index contributed by atoms with van der Waals surface area (Å²) in [5, 5.41) is 2.58. The topological polar surface area (TPSA) is 111 Å². The van der Waals surface area contributed by atoms with E-state index in [1.807, 2.05) is 0 Å². The summed E-state index contributed by atoms with van der Waals surface area (Å²) >= 11 is 6.56. The van der Waals surface area contributed by atoms with E-state index in [0.717, 1.165) is 16.7 Å². The number of anilines is 1. The lowest BCUT2D eigenvalue weighted by Gasteiger charge is -2.13. The van der Waals surface area contributed by atoms with E-state index in [2.05, 4.69) is 5.32 Å². The van der Waals surface area contributed by atoms with Crippen LogP contribution in [0.25, 0.3) is 6.08 Å². The van der Waals surface area contributed by atoms with Gasteiger partial charge in [0.1, 0.15) is 6.54 Å². The SMILES string of the molecule is COc1cc(/C=C2\SC(=O)N(CC(=O)Nc3ccc(Cl)cc3)C2=O)ccc1OCC(=O)OC(C)C. The molecule has 0 aliphatic carbocycles. The minimum atomic E-state index is -0.581.